The van der Waals surface area contributed by atoms with Gasteiger partial charge < -0.3 is 16.4 Å². The topological polar surface area (TPSA) is 80.0 Å². The molecule has 2 rings (SSSR count). The van der Waals surface area contributed by atoms with Gasteiger partial charge in [-0.25, -0.2) is 13.8 Å². The van der Waals surface area contributed by atoms with E-state index in [-0.39, 0.29) is 37.9 Å². The number of nitrogens with zero attached hydrogens (tertiary/aromatic N) is 3. The lowest BCUT2D eigenvalue weighted by Crippen LogP contribution is -2.46. The Bertz CT molecular complexity index is 517. The molecule has 114 valence electrons. The highest BCUT2D eigenvalue weighted by molar-refractivity contribution is 5.93. The van der Waals surface area contributed by atoms with Crippen molar-refractivity contribution in [2.75, 3.05) is 13.1 Å². The van der Waals surface area contributed by atoms with Crippen LogP contribution in [0.1, 0.15) is 18.4 Å². The van der Waals surface area contributed by atoms with Crippen LogP contribution >= 0.6 is 0 Å². The molecule has 0 bridgehead atoms. The van der Waals surface area contributed by atoms with E-state index in [1.54, 1.807) is 4.90 Å². The third-order valence-electron chi connectivity index (χ3n) is 3.31. The highest BCUT2D eigenvalue weighted by Gasteiger charge is 2.34. The average molecular weight is 295 g/mol. The fourth-order valence-corrected chi connectivity index (χ4v) is 2.04. The van der Waals surface area contributed by atoms with Gasteiger partial charge in [-0.3, -0.25) is 0 Å². The molecule has 21 heavy (non-hydrogen) atoms. The van der Waals surface area contributed by atoms with Crippen molar-refractivity contribution in [1.29, 1.82) is 0 Å². The average Bonchev–Trinajstić information content (AvgIpc) is 2.46. The van der Waals surface area contributed by atoms with Gasteiger partial charge >= 0.3 is 0 Å². The minimum Gasteiger partial charge on any atom is -0.369 e. The summed E-state index contributed by atoms with van der Waals surface area (Å²) in [6, 6.07) is 9.59. The summed E-state index contributed by atoms with van der Waals surface area (Å²) in [5.41, 5.74) is 12.5. The van der Waals surface area contributed by atoms with E-state index in [1.165, 1.54) is 0 Å². The van der Waals surface area contributed by atoms with Crippen molar-refractivity contribution in [1.82, 2.24) is 4.90 Å². The molecule has 0 amide bonds. The van der Waals surface area contributed by atoms with E-state index >= 15 is 0 Å². The van der Waals surface area contributed by atoms with Gasteiger partial charge in [0.1, 0.15) is 0 Å². The molecule has 0 aliphatic carbocycles. The van der Waals surface area contributed by atoms with Crippen molar-refractivity contribution in [3.63, 3.8) is 0 Å². The lowest BCUT2D eigenvalue weighted by Gasteiger charge is -2.32. The molecule has 1 aliphatic rings. The largest absolute Gasteiger partial charge is 0.369 e. The standard InChI is InChI=1S/C14H19F2N5/c15-14(16)6-8-21(9-7-14)13(18)20-12(17)19-10-11-4-2-1-3-5-11/h1-5H,6-10H2,(H4,17,18,19,20). The van der Waals surface area contributed by atoms with Crippen LogP contribution < -0.4 is 11.5 Å². The second-order valence-electron chi connectivity index (χ2n) is 4.97. The molecule has 4 N–H and O–H groups in total. The van der Waals surface area contributed by atoms with Crippen LogP contribution in [-0.2, 0) is 6.54 Å². The highest BCUT2D eigenvalue weighted by atomic mass is 19.3. The zero-order valence-corrected chi connectivity index (χ0v) is 11.7. The van der Waals surface area contributed by atoms with E-state index in [2.05, 4.69) is 9.98 Å². The maximum atomic E-state index is 13.1. The first-order valence-corrected chi connectivity index (χ1v) is 6.77. The Morgan fingerprint density at radius 2 is 1.76 bits per heavy atom. The van der Waals surface area contributed by atoms with E-state index in [0.29, 0.717) is 6.54 Å². The summed E-state index contributed by atoms with van der Waals surface area (Å²) < 4.78 is 26.1. The monoisotopic (exact) mass is 295 g/mol. The van der Waals surface area contributed by atoms with Gasteiger partial charge in [0.15, 0.2) is 5.96 Å². The van der Waals surface area contributed by atoms with E-state index in [4.69, 9.17) is 11.5 Å². The lowest BCUT2D eigenvalue weighted by atomic mass is 10.1. The van der Waals surface area contributed by atoms with Crippen molar-refractivity contribution < 1.29 is 8.78 Å². The second-order valence-corrected chi connectivity index (χ2v) is 4.97. The molecular formula is C14H19F2N5. The number of piperidine rings is 1. The quantitative estimate of drug-likeness (QED) is 0.641. The summed E-state index contributed by atoms with van der Waals surface area (Å²) in [5.74, 6) is -2.42. The molecular weight excluding hydrogens is 276 g/mol. The predicted molar refractivity (Wildman–Crippen MR) is 79.1 cm³/mol. The molecule has 1 aromatic rings. The number of likely N-dealkylation sites (tertiary alicyclic amines) is 1. The summed E-state index contributed by atoms with van der Waals surface area (Å²) >= 11 is 0. The van der Waals surface area contributed by atoms with Crippen molar-refractivity contribution >= 4 is 11.9 Å². The molecule has 7 heteroatoms. The summed E-state index contributed by atoms with van der Waals surface area (Å²) in [5, 5.41) is 0. The first-order valence-electron chi connectivity index (χ1n) is 6.77. The van der Waals surface area contributed by atoms with Crippen LogP contribution in [-0.4, -0.2) is 35.8 Å². The van der Waals surface area contributed by atoms with Crippen LogP contribution in [0.5, 0.6) is 0 Å². The molecule has 5 nitrogen and oxygen atoms in total. The number of halogens is 2. The lowest BCUT2D eigenvalue weighted by molar-refractivity contribution is -0.0435. The summed E-state index contributed by atoms with van der Waals surface area (Å²) in [4.78, 5) is 9.68. The number of rotatable bonds is 2. The first-order chi connectivity index (χ1) is 9.96. The number of alkyl halides is 2. The van der Waals surface area contributed by atoms with Crippen LogP contribution in [0, 0.1) is 0 Å². The first kappa shape index (κ1) is 15.2. The van der Waals surface area contributed by atoms with E-state index in [9.17, 15) is 8.78 Å². The minimum absolute atomic E-state index is 0.0497. The molecule has 1 heterocycles. The second kappa shape index (κ2) is 6.51. The minimum atomic E-state index is -2.61. The molecule has 0 saturated carbocycles. The molecule has 1 aliphatic heterocycles. The van der Waals surface area contributed by atoms with E-state index < -0.39 is 5.92 Å². The number of guanidine groups is 2. The van der Waals surface area contributed by atoms with Gasteiger partial charge in [-0.05, 0) is 5.56 Å². The maximum Gasteiger partial charge on any atom is 0.251 e. The van der Waals surface area contributed by atoms with E-state index in [1.807, 2.05) is 30.3 Å². The number of nitrogens with two attached hydrogens (primary N) is 2. The number of aliphatic imine (C=N–C) groups is 2. The Hall–Kier alpha value is -2.18. The third kappa shape index (κ3) is 4.70. The van der Waals surface area contributed by atoms with Crippen molar-refractivity contribution in [3.8, 4) is 0 Å². The zero-order valence-electron chi connectivity index (χ0n) is 11.7. The predicted octanol–water partition coefficient (Wildman–Crippen LogP) is 1.55. The molecule has 1 fully saturated rings. The fraction of sp³-hybridized carbons (Fsp3) is 0.429. The van der Waals surface area contributed by atoms with Crippen LogP contribution in [0.25, 0.3) is 0 Å². The number of hydrogen-bond donors (Lipinski definition) is 2. The fourth-order valence-electron chi connectivity index (χ4n) is 2.04. The molecule has 0 spiro atoms. The van der Waals surface area contributed by atoms with Gasteiger partial charge in [0.2, 0.25) is 5.96 Å². The maximum absolute atomic E-state index is 13.1. The molecule has 1 aromatic carbocycles. The molecule has 0 radical (unpaired) electrons. The summed E-state index contributed by atoms with van der Waals surface area (Å²) in [6.45, 7) is 0.754. The molecule has 1 saturated heterocycles. The summed E-state index contributed by atoms with van der Waals surface area (Å²) in [7, 11) is 0. The molecule has 0 atom stereocenters. The third-order valence-corrected chi connectivity index (χ3v) is 3.31. The van der Waals surface area contributed by atoms with Crippen molar-refractivity contribution in [3.05, 3.63) is 35.9 Å². The Morgan fingerprint density at radius 1 is 1.14 bits per heavy atom. The SMILES string of the molecule is NC(=NCc1ccccc1)/N=C(/N)N1CCC(F)(F)CC1. The van der Waals surface area contributed by atoms with Crippen molar-refractivity contribution in [2.45, 2.75) is 25.3 Å². The Morgan fingerprint density at radius 3 is 2.38 bits per heavy atom. The molecule has 0 unspecified atom stereocenters. The van der Waals surface area contributed by atoms with Gasteiger partial charge in [0.25, 0.3) is 5.92 Å². The number of hydrogen-bond acceptors (Lipinski definition) is 1. The van der Waals surface area contributed by atoms with Gasteiger partial charge in [0.05, 0.1) is 6.54 Å². The van der Waals surface area contributed by atoms with Gasteiger partial charge in [0, 0.05) is 25.9 Å². The smallest absolute Gasteiger partial charge is 0.251 e. The van der Waals surface area contributed by atoms with E-state index in [0.717, 1.165) is 5.56 Å². The zero-order chi connectivity index (χ0) is 15.3. The highest BCUT2D eigenvalue weighted by Crippen LogP contribution is 2.27. The molecule has 0 aromatic heterocycles. The number of benzene rings is 1. The van der Waals surface area contributed by atoms with Crippen LogP contribution in [0.4, 0.5) is 8.78 Å². The normalized spacial score (nSPS) is 19.6. The Kier molecular flexibility index (Phi) is 4.72. The van der Waals surface area contributed by atoms with Gasteiger partial charge in [-0.2, -0.15) is 4.99 Å². The van der Waals surface area contributed by atoms with Crippen molar-refractivity contribution in [2.24, 2.45) is 21.5 Å². The van der Waals surface area contributed by atoms with Gasteiger partial charge in [-0.15, -0.1) is 0 Å². The van der Waals surface area contributed by atoms with Gasteiger partial charge in [-0.1, -0.05) is 30.3 Å². The Labute approximate surface area is 122 Å². The summed E-state index contributed by atoms with van der Waals surface area (Å²) in [6.07, 6.45) is -0.436. The Balaban J connectivity index is 1.92. The van der Waals surface area contributed by atoms with Crippen LogP contribution in [0.2, 0.25) is 0 Å². The van der Waals surface area contributed by atoms with Crippen LogP contribution in [0.3, 0.4) is 0 Å². The van der Waals surface area contributed by atoms with Crippen LogP contribution in [0.15, 0.2) is 40.3 Å².